The zero-order valence-electron chi connectivity index (χ0n) is 29.1. The third kappa shape index (κ3) is 10.8. The number of para-hydroxylation sites is 2. The van der Waals surface area contributed by atoms with Gasteiger partial charge in [0.25, 0.3) is 0 Å². The summed E-state index contributed by atoms with van der Waals surface area (Å²) in [5.41, 5.74) is 2.78. The molecule has 0 radical (unpaired) electrons. The predicted molar refractivity (Wildman–Crippen MR) is 192 cm³/mol. The molecule has 0 aliphatic carbocycles. The van der Waals surface area contributed by atoms with E-state index in [1.165, 1.54) is 93.9 Å². The van der Waals surface area contributed by atoms with E-state index in [4.69, 9.17) is 9.73 Å². The molecule has 4 rings (SSSR count). The van der Waals surface area contributed by atoms with E-state index >= 15 is 0 Å². The number of aryl methyl sites for hydroxylation is 1. The van der Waals surface area contributed by atoms with Gasteiger partial charge in [-0.05, 0) is 45.4 Å². The van der Waals surface area contributed by atoms with Crippen molar-refractivity contribution in [2.75, 3.05) is 45.3 Å². The first-order valence-electron chi connectivity index (χ1n) is 18.0. The first kappa shape index (κ1) is 35.5. The molecule has 2 aliphatic heterocycles. The molecule has 1 saturated heterocycles. The standard InChI is InChI=1S/C38H61N4O2S/c1-6-7-8-9-10-11-12-13-14-15-16-17-18-21-24-38(3,4)37(43)44-30-42(5)27-25-41(26-28-42)35-32-29-31(2)45-36(32)40-34-23-20-19-22-33(34)39-35/h19-20,22-23,29,40H,6-18,21,24-28,30H2,1-5H3/q+1. The van der Waals surface area contributed by atoms with Gasteiger partial charge in [0.1, 0.15) is 10.8 Å². The Morgan fingerprint density at radius 2 is 1.51 bits per heavy atom. The second kappa shape index (κ2) is 17.5. The monoisotopic (exact) mass is 637 g/mol. The maximum Gasteiger partial charge on any atom is 0.315 e. The van der Waals surface area contributed by atoms with Crippen LogP contribution in [0.4, 0.5) is 16.4 Å². The molecule has 7 heteroatoms. The van der Waals surface area contributed by atoms with Crippen LogP contribution in [0.25, 0.3) is 0 Å². The Morgan fingerprint density at radius 3 is 2.13 bits per heavy atom. The summed E-state index contributed by atoms with van der Waals surface area (Å²) in [6.07, 6.45) is 19.8. The molecule has 0 spiro atoms. The number of carbonyl (C=O) groups excluding carboxylic acids is 1. The van der Waals surface area contributed by atoms with Crippen molar-refractivity contribution < 1.29 is 14.0 Å². The molecule has 0 bridgehead atoms. The number of fused-ring (bicyclic) bond motifs is 2. The van der Waals surface area contributed by atoms with Crippen LogP contribution in [0.1, 0.15) is 128 Å². The average Bonchev–Trinajstić information content (AvgIpc) is 3.31. The molecule has 0 saturated carbocycles. The quantitative estimate of drug-likeness (QED) is 0.100. The van der Waals surface area contributed by atoms with E-state index in [0.717, 1.165) is 65.7 Å². The molecule has 0 unspecified atom stereocenters. The Bertz CT molecular complexity index is 1230. The topological polar surface area (TPSA) is 53.9 Å². The fourth-order valence-electron chi connectivity index (χ4n) is 6.55. The van der Waals surface area contributed by atoms with Crippen molar-refractivity contribution in [2.24, 2.45) is 10.4 Å². The number of nitrogens with zero attached hydrogens (tertiary/aromatic N) is 3. The van der Waals surface area contributed by atoms with Crippen LogP contribution in [0, 0.1) is 12.3 Å². The van der Waals surface area contributed by atoms with Crippen LogP contribution in [0.3, 0.4) is 0 Å². The number of benzene rings is 1. The minimum atomic E-state index is -0.430. The Kier molecular flexibility index (Phi) is 13.8. The van der Waals surface area contributed by atoms with E-state index < -0.39 is 5.41 Å². The molecule has 1 N–H and O–H groups in total. The molecule has 1 aromatic heterocycles. The maximum absolute atomic E-state index is 13.2. The van der Waals surface area contributed by atoms with E-state index in [1.807, 2.05) is 6.07 Å². The van der Waals surface area contributed by atoms with Crippen LogP contribution in [0.15, 0.2) is 35.3 Å². The number of piperazine rings is 1. The van der Waals surface area contributed by atoms with Gasteiger partial charge in [0.2, 0.25) is 6.73 Å². The van der Waals surface area contributed by atoms with Gasteiger partial charge in [0, 0.05) is 4.88 Å². The SMILES string of the molecule is CCCCCCCCCCCCCCCCC(C)(C)C(=O)OC[N+]1(C)CCN(C2=Nc3ccccc3Nc3sc(C)cc32)CC1. The van der Waals surface area contributed by atoms with E-state index in [2.05, 4.69) is 69.2 Å². The number of hydrogen-bond acceptors (Lipinski definition) is 6. The molecule has 6 nitrogen and oxygen atoms in total. The lowest BCUT2D eigenvalue weighted by Gasteiger charge is -2.42. The van der Waals surface area contributed by atoms with Crippen molar-refractivity contribution in [3.05, 3.63) is 40.8 Å². The molecule has 2 aliphatic rings. The van der Waals surface area contributed by atoms with Crippen LogP contribution in [0.5, 0.6) is 0 Å². The summed E-state index contributed by atoms with van der Waals surface area (Å²) in [5, 5.41) is 4.77. The summed E-state index contributed by atoms with van der Waals surface area (Å²) in [6, 6.07) is 10.5. The van der Waals surface area contributed by atoms with Crippen LogP contribution in [-0.4, -0.2) is 61.1 Å². The summed E-state index contributed by atoms with van der Waals surface area (Å²) in [4.78, 5) is 22.0. The number of rotatable bonds is 18. The van der Waals surface area contributed by atoms with Crippen LogP contribution < -0.4 is 5.32 Å². The minimum Gasteiger partial charge on any atom is -0.415 e. The van der Waals surface area contributed by atoms with Crippen molar-refractivity contribution in [2.45, 2.75) is 124 Å². The number of aliphatic imine (C=N–C) groups is 1. The summed E-state index contributed by atoms with van der Waals surface area (Å²) >= 11 is 1.78. The smallest absolute Gasteiger partial charge is 0.315 e. The van der Waals surface area contributed by atoms with Gasteiger partial charge in [0.15, 0.2) is 0 Å². The third-order valence-corrected chi connectivity index (χ3v) is 10.8. The Labute approximate surface area is 278 Å². The largest absolute Gasteiger partial charge is 0.415 e. The minimum absolute atomic E-state index is 0.0480. The van der Waals surface area contributed by atoms with Crippen molar-refractivity contribution in [1.29, 1.82) is 0 Å². The molecule has 1 aromatic carbocycles. The van der Waals surface area contributed by atoms with Gasteiger partial charge in [-0.25, -0.2) is 4.99 Å². The molecule has 250 valence electrons. The van der Waals surface area contributed by atoms with Gasteiger partial charge in [0.05, 0.1) is 55.6 Å². The number of esters is 1. The highest BCUT2D eigenvalue weighted by atomic mass is 32.1. The number of amidine groups is 1. The number of likely N-dealkylation sites (N-methyl/N-ethyl adjacent to an activating group) is 1. The fraction of sp³-hybridized carbons (Fsp3) is 0.684. The van der Waals surface area contributed by atoms with Gasteiger partial charge in [-0.15, -0.1) is 11.3 Å². The Hall–Kier alpha value is -2.38. The second-order valence-electron chi connectivity index (χ2n) is 14.5. The van der Waals surface area contributed by atoms with Crippen molar-refractivity contribution in [3.63, 3.8) is 0 Å². The fourth-order valence-corrected chi connectivity index (χ4v) is 7.47. The first-order valence-corrected chi connectivity index (χ1v) is 18.8. The maximum atomic E-state index is 13.2. The van der Waals surface area contributed by atoms with E-state index in [1.54, 1.807) is 11.3 Å². The second-order valence-corrected chi connectivity index (χ2v) is 15.8. The predicted octanol–water partition coefficient (Wildman–Crippen LogP) is 10.4. The highest BCUT2D eigenvalue weighted by Gasteiger charge is 2.36. The highest BCUT2D eigenvalue weighted by molar-refractivity contribution is 7.16. The number of anilines is 2. The zero-order valence-corrected chi connectivity index (χ0v) is 29.9. The zero-order chi connectivity index (χ0) is 32.1. The van der Waals surface area contributed by atoms with Crippen molar-refractivity contribution in [3.8, 4) is 0 Å². The lowest BCUT2D eigenvalue weighted by Crippen LogP contribution is -2.59. The van der Waals surface area contributed by atoms with Gasteiger partial charge in [-0.2, -0.15) is 0 Å². The summed E-state index contributed by atoms with van der Waals surface area (Å²) in [5.74, 6) is 0.998. The van der Waals surface area contributed by atoms with E-state index in [0.29, 0.717) is 6.73 Å². The van der Waals surface area contributed by atoms with E-state index in [9.17, 15) is 4.79 Å². The highest BCUT2D eigenvalue weighted by Crippen LogP contribution is 2.39. The van der Waals surface area contributed by atoms with Gasteiger partial charge < -0.3 is 15.0 Å². The van der Waals surface area contributed by atoms with Crippen LogP contribution in [0.2, 0.25) is 0 Å². The summed E-state index contributed by atoms with van der Waals surface area (Å²) < 4.78 is 6.75. The summed E-state index contributed by atoms with van der Waals surface area (Å²) in [7, 11) is 2.22. The summed E-state index contributed by atoms with van der Waals surface area (Å²) in [6.45, 7) is 12.6. The normalized spacial score (nSPS) is 15.9. The lowest BCUT2D eigenvalue weighted by atomic mass is 9.87. The molecule has 45 heavy (non-hydrogen) atoms. The number of quaternary nitrogens is 1. The molecular formula is C38H61N4O2S+. The van der Waals surface area contributed by atoms with Gasteiger partial charge >= 0.3 is 5.97 Å². The van der Waals surface area contributed by atoms with Crippen LogP contribution >= 0.6 is 11.3 Å². The number of carbonyl (C=O) groups is 1. The Morgan fingerprint density at radius 1 is 0.933 bits per heavy atom. The molecular weight excluding hydrogens is 577 g/mol. The average molecular weight is 638 g/mol. The van der Waals surface area contributed by atoms with E-state index in [-0.39, 0.29) is 5.97 Å². The number of hydrogen-bond donors (Lipinski definition) is 1. The third-order valence-electron chi connectivity index (χ3n) is 9.81. The molecule has 1 fully saturated rings. The number of unbranched alkanes of at least 4 members (excludes halogenated alkanes) is 13. The number of thiophene rings is 1. The number of nitrogens with one attached hydrogen (secondary N) is 1. The van der Waals surface area contributed by atoms with Crippen LogP contribution in [-0.2, 0) is 9.53 Å². The molecule has 2 aromatic rings. The van der Waals surface area contributed by atoms with Gasteiger partial charge in [-0.3, -0.25) is 9.28 Å². The molecule has 3 heterocycles. The molecule has 0 amide bonds. The van der Waals surface area contributed by atoms with Crippen molar-refractivity contribution >= 4 is 39.5 Å². The Balaban J connectivity index is 1.13. The molecule has 0 atom stereocenters. The first-order chi connectivity index (χ1) is 21.7. The number of ether oxygens (including phenoxy) is 1. The van der Waals surface area contributed by atoms with Gasteiger partial charge in [-0.1, -0.05) is 109 Å². The lowest BCUT2D eigenvalue weighted by molar-refractivity contribution is -0.929. The van der Waals surface area contributed by atoms with Crippen molar-refractivity contribution in [1.82, 2.24) is 4.90 Å².